The molecule has 5 saturated heterocycles. The Balaban J connectivity index is 0.000000145. The van der Waals surface area contributed by atoms with Gasteiger partial charge in [0.1, 0.15) is 0 Å². The van der Waals surface area contributed by atoms with Gasteiger partial charge in [0.05, 0.1) is 112 Å². The molecular formula is C105H120ClN13O20S7. The number of rotatable bonds is 28. The first-order valence-electron chi connectivity index (χ1n) is 47.1. The van der Waals surface area contributed by atoms with Crippen LogP contribution in [0.15, 0.2) is 282 Å². The molecule has 33 nitrogen and oxygen atoms in total. The average molecular weight is 2140 g/mol. The van der Waals surface area contributed by atoms with E-state index < -0.39 is 69.4 Å². The molecule has 146 heavy (non-hydrogen) atoms. The van der Waals surface area contributed by atoms with Crippen molar-refractivity contribution in [2.24, 2.45) is 0 Å². The molecule has 12 aromatic carbocycles. The van der Waals surface area contributed by atoms with Crippen molar-refractivity contribution in [3.63, 3.8) is 0 Å². The first-order valence-corrected chi connectivity index (χ1v) is 59.2. The maximum absolute atomic E-state index is 13.2. The summed E-state index contributed by atoms with van der Waals surface area (Å²) >= 11 is 5.78. The van der Waals surface area contributed by atoms with Crippen molar-refractivity contribution in [3.05, 3.63) is 311 Å². The number of morpholine rings is 1. The Labute approximate surface area is 860 Å². The van der Waals surface area contributed by atoms with Crippen LogP contribution in [0.4, 0.5) is 39.8 Å². The zero-order valence-corrected chi connectivity index (χ0v) is 88.5. The summed E-state index contributed by atoms with van der Waals surface area (Å²) in [5, 5.41) is 10.3. The number of hydrogen-bond acceptors (Lipinski definition) is 28. The molecule has 0 unspecified atom stereocenters. The van der Waals surface area contributed by atoms with E-state index in [-0.39, 0.29) is 72.5 Å². The van der Waals surface area contributed by atoms with Crippen molar-refractivity contribution in [1.29, 1.82) is 0 Å². The van der Waals surface area contributed by atoms with Gasteiger partial charge in [-0.3, -0.25) is 53.2 Å². The van der Waals surface area contributed by atoms with E-state index >= 15 is 0 Å². The Bertz CT molecular complexity index is 7590. The summed E-state index contributed by atoms with van der Waals surface area (Å²) in [7, 11) is -10.5. The van der Waals surface area contributed by atoms with Crippen molar-refractivity contribution < 1.29 is 87.5 Å². The lowest BCUT2D eigenvalue weighted by Crippen LogP contribution is -2.39. The molecule has 13 aromatic rings. The molecule has 41 heteroatoms. The monoisotopic (exact) mass is 2140 g/mol. The third kappa shape index (κ3) is 30.4. The first kappa shape index (κ1) is 109. The number of pyridine rings is 1. The van der Waals surface area contributed by atoms with Crippen LogP contribution >= 0.6 is 11.6 Å². The second-order valence-corrected chi connectivity index (χ2v) is 50.7. The lowest BCUT2D eigenvalue weighted by Gasteiger charge is -2.26. The van der Waals surface area contributed by atoms with E-state index in [0.29, 0.717) is 151 Å². The summed E-state index contributed by atoms with van der Waals surface area (Å²) in [4.78, 5) is 45.0. The summed E-state index contributed by atoms with van der Waals surface area (Å²) in [5.41, 5.74) is 11.8. The third-order valence-corrected chi connectivity index (χ3v) is 36.1. The standard InChI is InChI=1S/C23H27N3O4S2.C23H27N3O3S.C21H21N3O3S.C21H26N2O6S.C17H19ClN2O4S2/c1-25(2)22-7-3-6-21-20(22)5-4-8-23(21)32(29,30)24-19-11-9-18(10-12-19)17-26-13-15-31(27,28)16-14-26;1-25(2)22-7-3-6-21-20(22)5-4-8-23(21)30(27,28)24-19-11-9-18(10-12-19)17-26-13-15-29-16-14-26;25-21(18-13-17-3-1-2-4-20(17)22-14-18)23-19-7-5-16(6-8-19)15-24-9-11-28(26,27)12-10-24;1-27-18-9-8-17(19(28-2)20(18)29-3)21(24)22-16-6-4-15(5-7-16)14-23-10-12-30(25,26)13-11-23;18-15-3-7-17(8-4-15)26(23,24)19-16-5-1-14(2-6-16)13-20-9-11-25(21,22)12-10-20/h3-12,24H,13-17H2,1-2H3;3-12,24H,13-17H2,1-2H3;1-8,13-14H,9-12,15H2,(H,23,25);4-9H,10-14H2,1-3H3,(H,22,24);1-8,19H,9-13H2. The van der Waals surface area contributed by atoms with E-state index in [2.05, 4.69) is 54.3 Å². The Morgan fingerprint density at radius 3 is 1.06 bits per heavy atom. The summed E-state index contributed by atoms with van der Waals surface area (Å²) < 4.78 is 199. The van der Waals surface area contributed by atoms with Crippen LogP contribution in [-0.2, 0) is 107 Å². The number of halogens is 1. The molecule has 0 aliphatic carbocycles. The van der Waals surface area contributed by atoms with Gasteiger partial charge in [0.15, 0.2) is 50.8 Å². The molecule has 6 heterocycles. The first-order chi connectivity index (χ1) is 69.7. The molecule has 0 radical (unpaired) electrons. The number of benzene rings is 12. The molecule has 5 fully saturated rings. The smallest absolute Gasteiger partial charge is 0.262 e. The molecule has 5 aliphatic heterocycles. The number of para-hydroxylation sites is 1. The minimum atomic E-state index is -3.78. The van der Waals surface area contributed by atoms with Gasteiger partial charge in [0.2, 0.25) is 5.75 Å². The molecule has 5 N–H and O–H groups in total. The van der Waals surface area contributed by atoms with Crippen LogP contribution < -0.4 is 48.8 Å². The highest BCUT2D eigenvalue weighted by Gasteiger charge is 2.30. The quantitative estimate of drug-likeness (QED) is 0.0304. The maximum atomic E-state index is 13.2. The number of fused-ring (bicyclic) bond motifs is 3. The number of ether oxygens (including phenoxy) is 4. The summed E-state index contributed by atoms with van der Waals surface area (Å²) in [6.07, 6.45) is 1.58. The van der Waals surface area contributed by atoms with Gasteiger partial charge in [-0.2, -0.15) is 0 Å². The molecule has 0 spiro atoms. The number of hydrogen-bond donors (Lipinski definition) is 5. The van der Waals surface area contributed by atoms with Gasteiger partial charge in [0.25, 0.3) is 41.9 Å². The number of nitrogens with zero attached hydrogens (tertiary/aromatic N) is 8. The van der Waals surface area contributed by atoms with Crippen LogP contribution in [0.5, 0.6) is 17.2 Å². The highest BCUT2D eigenvalue weighted by molar-refractivity contribution is 7.94. The number of sulfonamides is 3. The lowest BCUT2D eigenvalue weighted by atomic mass is 10.1. The minimum Gasteiger partial charge on any atom is -0.493 e. The van der Waals surface area contributed by atoms with Gasteiger partial charge in [-0.05, 0) is 161 Å². The fourth-order valence-corrected chi connectivity index (χ4v) is 25.9. The topological polar surface area (TPSA) is 406 Å². The normalized spacial score (nSPS) is 16.4. The lowest BCUT2D eigenvalue weighted by molar-refractivity contribution is 0.0342. The van der Waals surface area contributed by atoms with Gasteiger partial charge in [0, 0.05) is 204 Å². The Morgan fingerprint density at radius 1 is 0.363 bits per heavy atom. The molecule has 2 amide bonds. The average Bonchev–Trinajstić information content (AvgIpc) is 0.772. The van der Waals surface area contributed by atoms with E-state index in [9.17, 15) is 68.5 Å². The van der Waals surface area contributed by atoms with E-state index in [4.69, 9.17) is 30.5 Å². The molecular weight excluding hydrogens is 2020 g/mol. The third-order valence-electron chi connectivity index (χ3n) is 25.1. The summed E-state index contributed by atoms with van der Waals surface area (Å²) in [6, 6.07) is 77.8. The van der Waals surface area contributed by atoms with Gasteiger partial charge in [-0.25, -0.2) is 58.9 Å². The largest absolute Gasteiger partial charge is 0.493 e. The van der Waals surface area contributed by atoms with Gasteiger partial charge in [-0.1, -0.05) is 139 Å². The zero-order valence-electron chi connectivity index (χ0n) is 82.1. The van der Waals surface area contributed by atoms with E-state index in [1.807, 2.05) is 214 Å². The second kappa shape index (κ2) is 49.0. The number of amides is 2. The number of aromatic nitrogens is 1. The molecule has 1 aromatic heterocycles. The minimum absolute atomic E-state index is 0.139. The van der Waals surface area contributed by atoms with E-state index in [1.54, 1.807) is 66.9 Å². The Morgan fingerprint density at radius 2 is 0.699 bits per heavy atom. The Hall–Kier alpha value is -12.4. The highest BCUT2D eigenvalue weighted by Crippen LogP contribution is 2.41. The second-order valence-electron chi connectivity index (χ2n) is 36.1. The number of nitrogens with one attached hydrogen (secondary N) is 5. The number of sulfone groups is 4. The van der Waals surface area contributed by atoms with Crippen molar-refractivity contribution in [3.8, 4) is 17.2 Å². The van der Waals surface area contributed by atoms with Crippen LogP contribution in [0, 0.1) is 0 Å². The number of carbonyl (C=O) groups excluding carboxylic acids is 2. The van der Waals surface area contributed by atoms with Crippen LogP contribution in [0.2, 0.25) is 5.02 Å². The van der Waals surface area contributed by atoms with Crippen molar-refractivity contribution in [1.82, 2.24) is 29.5 Å². The summed E-state index contributed by atoms with van der Waals surface area (Å²) in [6.45, 7) is 11.2. The maximum Gasteiger partial charge on any atom is 0.262 e. The summed E-state index contributed by atoms with van der Waals surface area (Å²) in [5.74, 6) is 2.19. The van der Waals surface area contributed by atoms with Gasteiger partial charge >= 0.3 is 0 Å². The van der Waals surface area contributed by atoms with E-state index in [0.717, 1.165) is 93.7 Å². The number of methoxy groups -OCH3 is 3. The molecule has 5 aliphatic rings. The molecule has 0 bridgehead atoms. The zero-order chi connectivity index (χ0) is 104. The Kier molecular flexibility index (Phi) is 36.7. The van der Waals surface area contributed by atoms with Crippen LogP contribution in [-0.4, -0.2) is 274 Å². The predicted molar refractivity (Wildman–Crippen MR) is 578 cm³/mol. The van der Waals surface area contributed by atoms with Crippen LogP contribution in [0.3, 0.4) is 0 Å². The van der Waals surface area contributed by atoms with Crippen molar-refractivity contribution >= 4 is 165 Å². The molecule has 0 saturated carbocycles. The predicted octanol–water partition coefficient (Wildman–Crippen LogP) is 13.8. The number of anilines is 7. The SMILES string of the molecule is CN(C)c1cccc2c(S(=O)(=O)Nc3ccc(CN4CCOCC4)cc3)cccc12.CN(C)c1cccc2c(S(=O)(=O)Nc3ccc(CN4CCS(=O)(=O)CC4)cc3)cccc12.COc1ccc(C(=O)Nc2ccc(CN3CCS(=O)(=O)CC3)cc2)c(OC)c1OC.O=C(Nc1ccc(CN2CCS(=O)(=O)CC2)cc1)c1cnc2ccccc2c1.O=S1(=O)CCN(Cc2ccc(NS(=O)(=O)c3ccc(Cl)cc3)cc2)CC1. The highest BCUT2D eigenvalue weighted by atomic mass is 35.5. The van der Waals surface area contributed by atoms with Gasteiger partial charge in [-0.15, -0.1) is 0 Å². The molecule has 18 rings (SSSR count). The van der Waals surface area contributed by atoms with E-state index in [1.165, 1.54) is 45.6 Å². The van der Waals surface area contributed by atoms with Crippen molar-refractivity contribution in [2.45, 2.75) is 47.4 Å². The fourth-order valence-electron chi connectivity index (χ4n) is 17.0. The van der Waals surface area contributed by atoms with Crippen LogP contribution in [0.1, 0.15) is 48.5 Å². The number of carbonyl (C=O) groups is 2. The van der Waals surface area contributed by atoms with Crippen molar-refractivity contribution in [2.75, 3.05) is 209 Å². The fraction of sp³-hybridized carbons (Fsp3) is 0.305. The molecule has 774 valence electrons. The van der Waals surface area contributed by atoms with Crippen LogP contribution in [0.25, 0.3) is 32.4 Å². The van der Waals surface area contributed by atoms with Gasteiger partial charge < -0.3 is 39.4 Å². The molecule has 0 atom stereocenters.